The van der Waals surface area contributed by atoms with Crippen LogP contribution in [0.5, 0.6) is 0 Å². The minimum absolute atomic E-state index is 0.0664. The van der Waals surface area contributed by atoms with Crippen LogP contribution in [0.25, 0.3) is 0 Å². The van der Waals surface area contributed by atoms with Gasteiger partial charge in [-0.3, -0.25) is 9.59 Å². The van der Waals surface area contributed by atoms with E-state index in [4.69, 9.17) is 10.3 Å². The lowest BCUT2D eigenvalue weighted by Gasteiger charge is -2.37. The highest BCUT2D eigenvalue weighted by molar-refractivity contribution is 5.80. The largest absolute Gasteiger partial charge is 0.369 e. The molecule has 0 bridgehead atoms. The summed E-state index contributed by atoms with van der Waals surface area (Å²) in [7, 11) is 0. The van der Waals surface area contributed by atoms with Crippen LogP contribution in [0.1, 0.15) is 57.7 Å². The number of hydrogen-bond acceptors (Lipinski definition) is 5. The number of piperidine rings is 1. The van der Waals surface area contributed by atoms with E-state index in [-0.39, 0.29) is 23.8 Å². The van der Waals surface area contributed by atoms with Gasteiger partial charge in [0, 0.05) is 31.8 Å². The summed E-state index contributed by atoms with van der Waals surface area (Å²) in [6, 6.07) is 0.165. The quantitative estimate of drug-likeness (QED) is 0.818. The molecule has 0 aliphatic carbocycles. The first-order valence-corrected chi connectivity index (χ1v) is 8.41. The van der Waals surface area contributed by atoms with Gasteiger partial charge in [0.15, 0.2) is 5.82 Å². The van der Waals surface area contributed by atoms with Crippen LogP contribution in [0.2, 0.25) is 0 Å². The number of carbonyl (C=O) groups excluding carboxylic acids is 2. The number of hydrogen-bond donors (Lipinski definition) is 1. The first-order chi connectivity index (χ1) is 11.0. The first kappa shape index (κ1) is 17.4. The van der Waals surface area contributed by atoms with Crippen molar-refractivity contribution in [3.8, 4) is 0 Å². The van der Waals surface area contributed by atoms with Crippen molar-refractivity contribution in [1.29, 1.82) is 0 Å². The molecular formula is C16H26N4O3. The summed E-state index contributed by atoms with van der Waals surface area (Å²) in [5.41, 5.74) is 5.37. The smallest absolute Gasteiger partial charge is 0.226 e. The topological polar surface area (TPSA) is 102 Å². The van der Waals surface area contributed by atoms with Gasteiger partial charge in [-0.05, 0) is 32.6 Å². The van der Waals surface area contributed by atoms with Gasteiger partial charge in [-0.2, -0.15) is 4.98 Å². The van der Waals surface area contributed by atoms with E-state index >= 15 is 0 Å². The molecule has 2 amide bonds. The van der Waals surface area contributed by atoms with Crippen molar-refractivity contribution in [2.45, 2.75) is 64.8 Å². The number of carbonyl (C=O) groups is 2. The van der Waals surface area contributed by atoms with Crippen molar-refractivity contribution in [3.05, 3.63) is 11.7 Å². The minimum atomic E-state index is -0.316. The van der Waals surface area contributed by atoms with Crippen molar-refractivity contribution >= 4 is 11.8 Å². The highest BCUT2D eigenvalue weighted by Gasteiger charge is 2.31. The van der Waals surface area contributed by atoms with Crippen LogP contribution < -0.4 is 5.73 Å². The van der Waals surface area contributed by atoms with Crippen LogP contribution in [0.15, 0.2) is 4.52 Å². The van der Waals surface area contributed by atoms with Gasteiger partial charge in [-0.15, -0.1) is 0 Å². The Hall–Kier alpha value is -1.92. The standard InChI is InChI=1S/C16H26N4O3/c1-3-5-13-18-14(23-19-13)6-4-7-15(21)20-10-12(16(17)22)9-8-11(20)2/h11-12H,3-10H2,1-2H3,(H2,17,22)/t11-,12-/m1/s1. The molecule has 1 aromatic rings. The molecule has 2 N–H and O–H groups in total. The molecule has 128 valence electrons. The molecule has 1 saturated heterocycles. The van der Waals surface area contributed by atoms with E-state index in [0.717, 1.165) is 31.5 Å². The van der Waals surface area contributed by atoms with Gasteiger partial charge in [0.05, 0.1) is 5.92 Å². The van der Waals surface area contributed by atoms with E-state index in [1.54, 1.807) is 4.90 Å². The Morgan fingerprint density at radius 3 is 2.83 bits per heavy atom. The summed E-state index contributed by atoms with van der Waals surface area (Å²) in [6.07, 6.45) is 5.06. The number of nitrogens with zero attached hydrogens (tertiary/aromatic N) is 3. The van der Waals surface area contributed by atoms with Crippen molar-refractivity contribution < 1.29 is 14.1 Å². The third-order valence-corrected chi connectivity index (χ3v) is 4.37. The molecule has 0 unspecified atom stereocenters. The molecule has 2 heterocycles. The van der Waals surface area contributed by atoms with Gasteiger partial charge in [0.1, 0.15) is 0 Å². The molecule has 0 saturated carbocycles. The van der Waals surface area contributed by atoms with E-state index < -0.39 is 0 Å². The predicted molar refractivity (Wildman–Crippen MR) is 84.3 cm³/mol. The number of nitrogens with two attached hydrogens (primary N) is 1. The monoisotopic (exact) mass is 322 g/mol. The Balaban J connectivity index is 1.79. The van der Waals surface area contributed by atoms with Crippen LogP contribution in [-0.2, 0) is 22.4 Å². The van der Waals surface area contributed by atoms with E-state index in [0.29, 0.717) is 31.7 Å². The fraction of sp³-hybridized carbons (Fsp3) is 0.750. The Kier molecular flexibility index (Phi) is 6.12. The maximum absolute atomic E-state index is 12.4. The van der Waals surface area contributed by atoms with Crippen LogP contribution in [0, 0.1) is 5.92 Å². The number of aromatic nitrogens is 2. The number of amides is 2. The predicted octanol–water partition coefficient (Wildman–Crippen LogP) is 1.46. The van der Waals surface area contributed by atoms with Gasteiger partial charge in [-0.25, -0.2) is 0 Å². The lowest BCUT2D eigenvalue weighted by Crippen LogP contribution is -2.48. The van der Waals surface area contributed by atoms with E-state index in [2.05, 4.69) is 17.1 Å². The lowest BCUT2D eigenvalue weighted by atomic mass is 9.92. The first-order valence-electron chi connectivity index (χ1n) is 8.41. The van der Waals surface area contributed by atoms with Gasteiger partial charge in [0.2, 0.25) is 17.7 Å². The Bertz CT molecular complexity index is 543. The van der Waals surface area contributed by atoms with Crippen LogP contribution in [0.3, 0.4) is 0 Å². The average Bonchev–Trinajstić information content (AvgIpc) is 2.95. The molecular weight excluding hydrogens is 296 g/mol. The van der Waals surface area contributed by atoms with Crippen molar-refractivity contribution in [3.63, 3.8) is 0 Å². The Morgan fingerprint density at radius 2 is 2.13 bits per heavy atom. The fourth-order valence-corrected chi connectivity index (χ4v) is 2.94. The van der Waals surface area contributed by atoms with Gasteiger partial charge in [-0.1, -0.05) is 12.1 Å². The molecule has 1 aliphatic rings. The molecule has 1 aliphatic heterocycles. The zero-order chi connectivity index (χ0) is 16.8. The summed E-state index contributed by atoms with van der Waals surface area (Å²) in [6.45, 7) is 4.52. The molecule has 1 aromatic heterocycles. The summed E-state index contributed by atoms with van der Waals surface area (Å²) < 4.78 is 5.17. The molecule has 7 heteroatoms. The molecule has 0 spiro atoms. The molecule has 7 nitrogen and oxygen atoms in total. The molecule has 2 rings (SSSR count). The molecule has 0 radical (unpaired) electrons. The highest BCUT2D eigenvalue weighted by Crippen LogP contribution is 2.22. The van der Waals surface area contributed by atoms with Crippen LogP contribution in [0.4, 0.5) is 0 Å². The zero-order valence-corrected chi connectivity index (χ0v) is 14.0. The maximum atomic E-state index is 12.4. The van der Waals surface area contributed by atoms with E-state index in [9.17, 15) is 9.59 Å². The molecule has 23 heavy (non-hydrogen) atoms. The van der Waals surface area contributed by atoms with Gasteiger partial charge >= 0.3 is 0 Å². The van der Waals surface area contributed by atoms with Gasteiger partial charge in [0.25, 0.3) is 0 Å². The maximum Gasteiger partial charge on any atom is 0.226 e. The SMILES string of the molecule is CCCc1noc(CCCC(=O)N2C[C@H](C(N)=O)CC[C@H]2C)n1. The van der Waals surface area contributed by atoms with Crippen LogP contribution in [-0.4, -0.2) is 39.4 Å². The van der Waals surface area contributed by atoms with Crippen molar-refractivity contribution in [2.24, 2.45) is 11.7 Å². The second-order valence-electron chi connectivity index (χ2n) is 6.28. The molecule has 2 atom stereocenters. The summed E-state index contributed by atoms with van der Waals surface area (Å²) in [5, 5.41) is 3.90. The van der Waals surface area contributed by atoms with E-state index in [1.807, 2.05) is 6.92 Å². The zero-order valence-electron chi connectivity index (χ0n) is 14.0. The third-order valence-electron chi connectivity index (χ3n) is 4.37. The molecule has 1 fully saturated rings. The summed E-state index contributed by atoms with van der Waals surface area (Å²) in [4.78, 5) is 29.8. The normalized spacial score (nSPS) is 21.4. The highest BCUT2D eigenvalue weighted by atomic mass is 16.5. The second kappa shape index (κ2) is 8.08. The average molecular weight is 322 g/mol. The van der Waals surface area contributed by atoms with Gasteiger partial charge < -0.3 is 15.2 Å². The lowest BCUT2D eigenvalue weighted by molar-refractivity contribution is -0.137. The number of rotatable bonds is 7. The Morgan fingerprint density at radius 1 is 1.35 bits per heavy atom. The number of aryl methyl sites for hydroxylation is 2. The fourth-order valence-electron chi connectivity index (χ4n) is 2.94. The third kappa shape index (κ3) is 4.77. The minimum Gasteiger partial charge on any atom is -0.369 e. The van der Waals surface area contributed by atoms with E-state index in [1.165, 1.54) is 0 Å². The van der Waals surface area contributed by atoms with Crippen LogP contribution >= 0.6 is 0 Å². The summed E-state index contributed by atoms with van der Waals surface area (Å²) >= 11 is 0. The molecule has 0 aromatic carbocycles. The van der Waals surface area contributed by atoms with Crippen molar-refractivity contribution in [2.75, 3.05) is 6.54 Å². The van der Waals surface area contributed by atoms with Crippen molar-refractivity contribution in [1.82, 2.24) is 15.0 Å². The number of primary amides is 1. The summed E-state index contributed by atoms with van der Waals surface area (Å²) in [5.74, 6) is 0.842. The second-order valence-corrected chi connectivity index (χ2v) is 6.28. The Labute approximate surface area is 136 Å². The number of likely N-dealkylation sites (tertiary alicyclic amines) is 1.